The van der Waals surface area contributed by atoms with Crippen molar-refractivity contribution in [1.82, 2.24) is 4.90 Å². The summed E-state index contributed by atoms with van der Waals surface area (Å²) in [4.78, 5) is 14.6. The lowest BCUT2D eigenvalue weighted by molar-refractivity contribution is 0.172. The molecule has 1 aliphatic heterocycles. The van der Waals surface area contributed by atoms with Gasteiger partial charge in [-0.15, -0.1) is 0 Å². The van der Waals surface area contributed by atoms with E-state index in [2.05, 4.69) is 0 Å². The first-order chi connectivity index (χ1) is 13.8. The van der Waals surface area contributed by atoms with Crippen LogP contribution in [0.25, 0.3) is 22.3 Å². The van der Waals surface area contributed by atoms with Crippen LogP contribution in [0.1, 0.15) is 17.9 Å². The number of halogens is 2. The monoisotopic (exact) mass is 403 g/mol. The van der Waals surface area contributed by atoms with Crippen LogP contribution in [0.5, 0.6) is 11.5 Å². The molecule has 29 heavy (non-hydrogen) atoms. The molecule has 8 heteroatoms. The molecule has 2 atom stereocenters. The van der Waals surface area contributed by atoms with Crippen LogP contribution in [-0.2, 0) is 0 Å². The van der Waals surface area contributed by atoms with Gasteiger partial charge in [-0.2, -0.15) is 0 Å². The fourth-order valence-electron chi connectivity index (χ4n) is 4.11. The molecule has 4 rings (SSSR count). The number of fused-ring (bicyclic) bond motifs is 1. The predicted octanol–water partition coefficient (Wildman–Crippen LogP) is 2.93. The predicted molar refractivity (Wildman–Crippen MR) is 102 cm³/mol. The number of likely N-dealkylation sites (tertiary alicyclic amines) is 1. The normalized spacial score (nSPS) is 19.9. The van der Waals surface area contributed by atoms with Crippen molar-refractivity contribution < 1.29 is 28.5 Å². The minimum absolute atomic E-state index is 0.0764. The first-order valence-electron chi connectivity index (χ1n) is 9.11. The van der Waals surface area contributed by atoms with E-state index in [0.717, 1.165) is 24.3 Å². The van der Waals surface area contributed by atoms with Gasteiger partial charge in [0, 0.05) is 35.7 Å². The van der Waals surface area contributed by atoms with Crippen molar-refractivity contribution in [2.75, 3.05) is 20.2 Å². The molecule has 0 aliphatic carbocycles. The summed E-state index contributed by atoms with van der Waals surface area (Å²) in [5.74, 6) is -2.96. The lowest BCUT2D eigenvalue weighted by atomic mass is 9.89. The van der Waals surface area contributed by atoms with Gasteiger partial charge in [0.05, 0.1) is 12.2 Å². The molecular formula is C21H19F2NO5. The summed E-state index contributed by atoms with van der Waals surface area (Å²) < 4.78 is 33.3. The highest BCUT2D eigenvalue weighted by molar-refractivity contribution is 5.89. The topological polar surface area (TPSA) is 94.1 Å². The summed E-state index contributed by atoms with van der Waals surface area (Å²) in [5, 5.41) is 30.4. The number of rotatable bonds is 3. The van der Waals surface area contributed by atoms with Gasteiger partial charge >= 0.3 is 0 Å². The van der Waals surface area contributed by atoms with Crippen LogP contribution in [0, 0.1) is 11.6 Å². The van der Waals surface area contributed by atoms with Crippen LogP contribution >= 0.6 is 0 Å². The minimum atomic E-state index is -0.910. The van der Waals surface area contributed by atoms with E-state index in [1.807, 2.05) is 11.9 Å². The fourth-order valence-corrected chi connectivity index (χ4v) is 4.11. The first kappa shape index (κ1) is 19.4. The van der Waals surface area contributed by atoms with E-state index >= 15 is 0 Å². The lowest BCUT2D eigenvalue weighted by Gasteiger charge is -2.24. The Morgan fingerprint density at radius 1 is 1.17 bits per heavy atom. The largest absolute Gasteiger partial charge is 0.507 e. The molecule has 3 N–H and O–H groups in total. The van der Waals surface area contributed by atoms with Crippen molar-refractivity contribution in [1.29, 1.82) is 0 Å². The molecule has 0 amide bonds. The zero-order valence-corrected chi connectivity index (χ0v) is 15.5. The highest BCUT2D eigenvalue weighted by Gasteiger charge is 2.36. The molecule has 0 spiro atoms. The smallest absolute Gasteiger partial charge is 0.197 e. The zero-order chi connectivity index (χ0) is 20.9. The molecule has 0 bridgehead atoms. The van der Waals surface area contributed by atoms with E-state index in [0.29, 0.717) is 19.0 Å². The molecular weight excluding hydrogens is 384 g/mol. The number of likely N-dealkylation sites (N-methyl/N-ethyl adjacent to an activating group) is 1. The molecule has 2 aromatic carbocycles. The van der Waals surface area contributed by atoms with Gasteiger partial charge in [0.15, 0.2) is 5.43 Å². The quantitative estimate of drug-likeness (QED) is 0.623. The average molecular weight is 403 g/mol. The number of hydrogen-bond donors (Lipinski definition) is 3. The summed E-state index contributed by atoms with van der Waals surface area (Å²) in [5.41, 5.74) is -0.563. The summed E-state index contributed by atoms with van der Waals surface area (Å²) in [6, 6.07) is 4.62. The number of aromatic hydroxyl groups is 2. The standard InChI is InChI=1S/C21H19F2NO5/c1-24-5-4-12(14(24)9-25)19-15(26)7-16(27)20-17(28)8-18(29-21(19)20)11-3-2-10(22)6-13(11)23/h2-3,6-8,12,14,25-27H,4-5,9H2,1H3/t12-,14+/m1/s1. The molecule has 152 valence electrons. The maximum absolute atomic E-state index is 14.3. The molecule has 1 aromatic heterocycles. The van der Waals surface area contributed by atoms with E-state index in [1.54, 1.807) is 0 Å². The van der Waals surface area contributed by atoms with Gasteiger partial charge in [-0.25, -0.2) is 8.78 Å². The number of aliphatic hydroxyl groups excluding tert-OH is 1. The Morgan fingerprint density at radius 2 is 1.93 bits per heavy atom. The van der Waals surface area contributed by atoms with Gasteiger partial charge in [-0.05, 0) is 32.1 Å². The molecule has 1 saturated heterocycles. The number of nitrogens with zero attached hydrogens (tertiary/aromatic N) is 1. The van der Waals surface area contributed by atoms with E-state index in [1.165, 1.54) is 0 Å². The van der Waals surface area contributed by atoms with Crippen molar-refractivity contribution in [2.24, 2.45) is 0 Å². The van der Waals surface area contributed by atoms with E-state index in [4.69, 9.17) is 4.42 Å². The van der Waals surface area contributed by atoms with Crippen molar-refractivity contribution in [3.8, 4) is 22.8 Å². The maximum atomic E-state index is 14.3. The highest BCUT2D eigenvalue weighted by Crippen LogP contribution is 2.44. The lowest BCUT2D eigenvalue weighted by Crippen LogP contribution is -2.32. The Hall–Kier alpha value is -2.97. The van der Waals surface area contributed by atoms with E-state index in [9.17, 15) is 28.9 Å². The molecule has 1 aliphatic rings. The Morgan fingerprint density at radius 3 is 2.62 bits per heavy atom. The van der Waals surface area contributed by atoms with Gasteiger partial charge in [0.2, 0.25) is 0 Å². The second kappa shape index (κ2) is 7.13. The van der Waals surface area contributed by atoms with E-state index in [-0.39, 0.29) is 52.2 Å². The number of aliphatic hydroxyl groups is 1. The Kier molecular flexibility index (Phi) is 4.76. The van der Waals surface area contributed by atoms with Crippen LogP contribution in [0.3, 0.4) is 0 Å². The third-order valence-electron chi connectivity index (χ3n) is 5.58. The average Bonchev–Trinajstić information content (AvgIpc) is 3.01. The van der Waals surface area contributed by atoms with Crippen molar-refractivity contribution in [3.63, 3.8) is 0 Å². The van der Waals surface area contributed by atoms with Crippen LogP contribution < -0.4 is 5.43 Å². The zero-order valence-electron chi connectivity index (χ0n) is 15.5. The minimum Gasteiger partial charge on any atom is -0.507 e. The van der Waals surface area contributed by atoms with Gasteiger partial charge in [-0.1, -0.05) is 0 Å². The van der Waals surface area contributed by atoms with Crippen LogP contribution in [-0.4, -0.2) is 46.5 Å². The molecule has 0 unspecified atom stereocenters. The molecule has 1 fully saturated rings. The molecule has 3 aromatic rings. The maximum Gasteiger partial charge on any atom is 0.197 e. The third-order valence-corrected chi connectivity index (χ3v) is 5.58. The van der Waals surface area contributed by atoms with E-state index < -0.39 is 22.8 Å². The number of benzene rings is 2. The summed E-state index contributed by atoms with van der Waals surface area (Å²) in [6.07, 6.45) is 0.577. The second-order valence-corrected chi connectivity index (χ2v) is 7.26. The fraction of sp³-hybridized carbons (Fsp3) is 0.286. The van der Waals surface area contributed by atoms with Crippen LogP contribution in [0.2, 0.25) is 0 Å². The van der Waals surface area contributed by atoms with Gasteiger partial charge in [0.25, 0.3) is 0 Å². The van der Waals surface area contributed by atoms with Gasteiger partial charge in [0.1, 0.15) is 39.9 Å². The van der Waals surface area contributed by atoms with Crippen LogP contribution in [0.15, 0.2) is 39.5 Å². The number of hydrogen-bond acceptors (Lipinski definition) is 6. The van der Waals surface area contributed by atoms with Crippen molar-refractivity contribution in [3.05, 3.63) is 57.8 Å². The van der Waals surface area contributed by atoms with Gasteiger partial charge < -0.3 is 24.6 Å². The van der Waals surface area contributed by atoms with Crippen molar-refractivity contribution in [2.45, 2.75) is 18.4 Å². The molecule has 6 nitrogen and oxygen atoms in total. The summed E-state index contributed by atoms with van der Waals surface area (Å²) in [7, 11) is 1.83. The summed E-state index contributed by atoms with van der Waals surface area (Å²) in [6.45, 7) is 0.466. The van der Waals surface area contributed by atoms with Crippen LogP contribution in [0.4, 0.5) is 8.78 Å². The molecule has 2 heterocycles. The third kappa shape index (κ3) is 3.14. The molecule has 0 saturated carbocycles. The van der Waals surface area contributed by atoms with Gasteiger partial charge in [-0.3, -0.25) is 4.79 Å². The summed E-state index contributed by atoms with van der Waals surface area (Å²) >= 11 is 0. The highest BCUT2D eigenvalue weighted by atomic mass is 19.1. The number of phenolic OH excluding ortho intramolecular Hbond substituents is 2. The SMILES string of the molecule is CN1CC[C@@H](c2c(O)cc(O)c3c(=O)cc(-c4ccc(F)cc4F)oc23)[C@@H]1CO. The van der Waals surface area contributed by atoms with Crippen molar-refractivity contribution >= 4 is 11.0 Å². The first-order valence-corrected chi connectivity index (χ1v) is 9.11. The number of phenols is 2. The molecule has 0 radical (unpaired) electrons. The Bertz CT molecular complexity index is 1160. The Balaban J connectivity index is 2.01. The second-order valence-electron chi connectivity index (χ2n) is 7.26. The Labute approximate surface area is 164 Å².